The fraction of sp³-hybridized carbons (Fsp3) is 0.391. The van der Waals surface area contributed by atoms with Gasteiger partial charge in [0.1, 0.15) is 6.61 Å². The first-order chi connectivity index (χ1) is 15.9. The predicted octanol–water partition coefficient (Wildman–Crippen LogP) is 0.616. The Balaban J connectivity index is 2.07. The monoisotopic (exact) mass is 456 g/mol. The molecule has 2 N–H and O–H groups in total. The first kappa shape index (κ1) is 24.0. The predicted molar refractivity (Wildman–Crippen MR) is 118 cm³/mol. The van der Waals surface area contributed by atoms with Gasteiger partial charge in [0.25, 0.3) is 11.8 Å². The van der Waals surface area contributed by atoms with Crippen molar-refractivity contribution in [2.24, 2.45) is 0 Å². The molecular formula is C23H28N4O6. The van der Waals surface area contributed by atoms with Crippen LogP contribution in [0.2, 0.25) is 0 Å². The Bertz CT molecular complexity index is 972. The highest BCUT2D eigenvalue weighted by molar-refractivity contribution is 6.00. The highest BCUT2D eigenvalue weighted by Crippen LogP contribution is 2.33. The Hall–Kier alpha value is -3.66. The van der Waals surface area contributed by atoms with Gasteiger partial charge in [-0.1, -0.05) is 30.3 Å². The van der Waals surface area contributed by atoms with E-state index in [1.807, 2.05) is 44.2 Å². The quantitative estimate of drug-likeness (QED) is 0.255. The molecule has 3 rings (SSSR count). The molecule has 10 nitrogen and oxygen atoms in total. The summed E-state index contributed by atoms with van der Waals surface area (Å²) in [6.07, 6.45) is 0.863. The van der Waals surface area contributed by atoms with Crippen molar-refractivity contribution in [2.75, 3.05) is 19.8 Å². The summed E-state index contributed by atoms with van der Waals surface area (Å²) in [4.78, 5) is 52.0. The van der Waals surface area contributed by atoms with E-state index in [9.17, 15) is 19.2 Å². The van der Waals surface area contributed by atoms with E-state index in [4.69, 9.17) is 9.47 Å². The summed E-state index contributed by atoms with van der Waals surface area (Å²) in [5.74, 6) is -1.04. The number of carbonyl (C=O) groups is 4. The highest BCUT2D eigenvalue weighted by atomic mass is 16.5. The topological polar surface area (TPSA) is 117 Å². The minimum Gasteiger partial charge on any atom is -0.483 e. The summed E-state index contributed by atoms with van der Waals surface area (Å²) in [6.45, 7) is 6.16. The summed E-state index contributed by atoms with van der Waals surface area (Å²) in [6, 6.07) is 8.85. The summed E-state index contributed by atoms with van der Waals surface area (Å²) in [7, 11) is 0. The number of morpholine rings is 1. The molecule has 0 bridgehead atoms. The van der Waals surface area contributed by atoms with Crippen molar-refractivity contribution in [1.29, 1.82) is 0 Å². The lowest BCUT2D eigenvalue weighted by molar-refractivity contribution is -0.138. The second-order valence-electron chi connectivity index (χ2n) is 7.98. The van der Waals surface area contributed by atoms with Gasteiger partial charge in [-0.2, -0.15) is 0 Å². The Kier molecular flexibility index (Phi) is 7.83. The van der Waals surface area contributed by atoms with Gasteiger partial charge >= 0.3 is 0 Å². The number of nitrogens with one attached hydrogen (secondary N) is 2. The van der Waals surface area contributed by atoms with Crippen molar-refractivity contribution in [3.63, 3.8) is 0 Å². The summed E-state index contributed by atoms with van der Waals surface area (Å²) in [5, 5.41) is 0. The zero-order valence-electron chi connectivity index (χ0n) is 18.9. The molecule has 2 fully saturated rings. The molecule has 2 saturated heterocycles. The van der Waals surface area contributed by atoms with Crippen LogP contribution in [-0.2, 0) is 35.3 Å². The summed E-state index contributed by atoms with van der Waals surface area (Å²) >= 11 is 0. The third-order valence-electron chi connectivity index (χ3n) is 5.54. The first-order valence-corrected chi connectivity index (χ1v) is 10.6. The maximum absolute atomic E-state index is 13.5. The van der Waals surface area contributed by atoms with Gasteiger partial charge < -0.3 is 19.3 Å². The number of carbonyl (C=O) groups excluding carboxylic acids is 4. The molecule has 2 heterocycles. The average molecular weight is 456 g/mol. The number of rotatable bonds is 8. The number of amides is 3. The van der Waals surface area contributed by atoms with E-state index in [2.05, 4.69) is 10.9 Å². The standard InChI is InChI=1S/C23H28N4O6/c1-15(2)26-9-18-12-32-13-19(16(3)22(30)25-24-14-29)27(18)21(23(26)31)20(10-28)33-11-17-7-5-4-6-8-17/h4-8,10,14-15,18H,9,11-13H2,1-3H3,(H,24,29)(H,25,30)/b19-16+,21-20+. The Labute approximate surface area is 192 Å². The van der Waals surface area contributed by atoms with E-state index in [1.165, 1.54) is 0 Å². The fourth-order valence-corrected chi connectivity index (χ4v) is 3.83. The minimum absolute atomic E-state index is 0.0557. The van der Waals surface area contributed by atoms with Crippen LogP contribution in [0.4, 0.5) is 0 Å². The Morgan fingerprint density at radius 1 is 1.27 bits per heavy atom. The number of nitrogens with zero attached hydrogens (tertiary/aromatic N) is 2. The van der Waals surface area contributed by atoms with E-state index in [1.54, 1.807) is 16.7 Å². The van der Waals surface area contributed by atoms with Gasteiger partial charge in [0.05, 0.1) is 25.0 Å². The molecule has 1 aromatic rings. The molecule has 1 unspecified atom stereocenters. The van der Waals surface area contributed by atoms with Crippen molar-refractivity contribution in [1.82, 2.24) is 20.7 Å². The lowest BCUT2D eigenvalue weighted by atomic mass is 10.0. The van der Waals surface area contributed by atoms with Crippen LogP contribution < -0.4 is 10.9 Å². The lowest BCUT2D eigenvalue weighted by Gasteiger charge is -2.48. The van der Waals surface area contributed by atoms with Gasteiger partial charge in [0, 0.05) is 18.2 Å². The molecule has 0 saturated carbocycles. The van der Waals surface area contributed by atoms with Crippen LogP contribution in [-0.4, -0.2) is 66.2 Å². The Morgan fingerprint density at radius 2 is 2.00 bits per heavy atom. The van der Waals surface area contributed by atoms with E-state index < -0.39 is 5.91 Å². The lowest BCUT2D eigenvalue weighted by Crippen LogP contribution is -2.60. The van der Waals surface area contributed by atoms with Gasteiger partial charge in [-0.05, 0) is 26.3 Å². The van der Waals surface area contributed by atoms with Crippen LogP contribution in [0.25, 0.3) is 0 Å². The van der Waals surface area contributed by atoms with Crippen molar-refractivity contribution in [3.05, 3.63) is 58.6 Å². The van der Waals surface area contributed by atoms with Crippen molar-refractivity contribution in [2.45, 2.75) is 39.5 Å². The molecule has 3 amide bonds. The molecule has 1 aromatic carbocycles. The molecule has 0 spiro atoms. The minimum atomic E-state index is -0.558. The number of hydrogen-bond donors (Lipinski definition) is 2. The first-order valence-electron chi connectivity index (χ1n) is 10.6. The second-order valence-corrected chi connectivity index (χ2v) is 7.98. The molecule has 10 heteroatoms. The molecule has 0 aliphatic carbocycles. The van der Waals surface area contributed by atoms with E-state index in [0.29, 0.717) is 31.5 Å². The van der Waals surface area contributed by atoms with Gasteiger partial charge in [0.2, 0.25) is 6.41 Å². The number of piperazine rings is 1. The maximum atomic E-state index is 13.5. The van der Waals surface area contributed by atoms with Gasteiger partial charge in [-0.25, -0.2) is 0 Å². The maximum Gasteiger partial charge on any atom is 0.274 e. The SMILES string of the molecule is C/C(C(=O)NNC=O)=C1/COCC2CN(C(C)C)C(=O)/C(=C(/C=O)OCc3ccccc3)N12. The number of benzene rings is 1. The molecule has 1 atom stereocenters. The number of allylic oxidation sites excluding steroid dienone is 1. The largest absolute Gasteiger partial charge is 0.483 e. The average Bonchev–Trinajstić information content (AvgIpc) is 2.83. The third kappa shape index (κ3) is 5.23. The zero-order chi connectivity index (χ0) is 24.0. The van der Waals surface area contributed by atoms with Gasteiger partial charge in [-0.15, -0.1) is 0 Å². The molecule has 2 aliphatic rings. The van der Waals surface area contributed by atoms with Crippen LogP contribution in [0, 0.1) is 0 Å². The van der Waals surface area contributed by atoms with Crippen LogP contribution >= 0.6 is 0 Å². The van der Waals surface area contributed by atoms with Crippen molar-refractivity contribution < 1.29 is 28.7 Å². The van der Waals surface area contributed by atoms with E-state index in [-0.39, 0.29) is 48.2 Å². The molecule has 176 valence electrons. The highest BCUT2D eigenvalue weighted by Gasteiger charge is 2.44. The van der Waals surface area contributed by atoms with Crippen LogP contribution in [0.5, 0.6) is 0 Å². The fourth-order valence-electron chi connectivity index (χ4n) is 3.83. The van der Waals surface area contributed by atoms with Gasteiger partial charge in [-0.3, -0.25) is 30.0 Å². The van der Waals surface area contributed by atoms with E-state index >= 15 is 0 Å². The third-order valence-corrected chi connectivity index (χ3v) is 5.54. The van der Waals surface area contributed by atoms with Crippen molar-refractivity contribution >= 4 is 24.5 Å². The Morgan fingerprint density at radius 3 is 2.64 bits per heavy atom. The van der Waals surface area contributed by atoms with E-state index in [0.717, 1.165) is 5.56 Å². The number of aldehydes is 1. The number of ether oxygens (including phenoxy) is 2. The van der Waals surface area contributed by atoms with Crippen molar-refractivity contribution in [3.8, 4) is 0 Å². The zero-order valence-corrected chi connectivity index (χ0v) is 18.9. The van der Waals surface area contributed by atoms with Gasteiger partial charge in [0.15, 0.2) is 17.7 Å². The number of hydrazine groups is 1. The van der Waals surface area contributed by atoms with Crippen LogP contribution in [0.3, 0.4) is 0 Å². The smallest absolute Gasteiger partial charge is 0.274 e. The van der Waals surface area contributed by atoms with Crippen LogP contribution in [0.15, 0.2) is 53.1 Å². The summed E-state index contributed by atoms with van der Waals surface area (Å²) < 4.78 is 11.5. The molecular weight excluding hydrogens is 428 g/mol. The normalized spacial score (nSPS) is 21.2. The molecule has 2 aliphatic heterocycles. The molecule has 33 heavy (non-hydrogen) atoms. The summed E-state index contributed by atoms with van der Waals surface area (Å²) in [5.41, 5.74) is 5.94. The number of fused-ring (bicyclic) bond motifs is 1. The van der Waals surface area contributed by atoms with Crippen LogP contribution in [0.1, 0.15) is 26.3 Å². The second kappa shape index (κ2) is 10.8. The molecule has 0 radical (unpaired) electrons. The molecule has 0 aromatic heterocycles. The number of hydrogen-bond acceptors (Lipinski definition) is 7.